The number of nitriles is 1. The highest BCUT2D eigenvalue weighted by molar-refractivity contribution is 9.13. The molecule has 0 saturated heterocycles. The fourth-order valence-electron chi connectivity index (χ4n) is 4.15. The van der Waals surface area contributed by atoms with Crippen LogP contribution in [0.15, 0.2) is 57.5 Å². The van der Waals surface area contributed by atoms with Gasteiger partial charge in [0, 0.05) is 21.0 Å². The zero-order valence-electron chi connectivity index (χ0n) is 18.1. The first-order chi connectivity index (χ1) is 13.7. The lowest BCUT2D eigenvalue weighted by Crippen LogP contribution is -2.36. The van der Waals surface area contributed by atoms with Gasteiger partial charge in [0.2, 0.25) is 0 Å². The van der Waals surface area contributed by atoms with E-state index in [1.165, 1.54) is 5.56 Å². The van der Waals surface area contributed by atoms with E-state index in [0.29, 0.717) is 12.1 Å². The topological polar surface area (TPSA) is 27.0 Å². The van der Waals surface area contributed by atoms with Crippen molar-refractivity contribution in [3.8, 4) is 6.07 Å². The summed E-state index contributed by atoms with van der Waals surface area (Å²) in [5, 5.41) is 10.2. The van der Waals surface area contributed by atoms with Gasteiger partial charge in [-0.25, -0.2) is 0 Å². The molecule has 0 amide bonds. The summed E-state index contributed by atoms with van der Waals surface area (Å²) >= 11 is 7.15. The van der Waals surface area contributed by atoms with Crippen molar-refractivity contribution in [1.82, 2.24) is 4.90 Å². The van der Waals surface area contributed by atoms with Gasteiger partial charge in [0.15, 0.2) is 0 Å². The third-order valence-corrected chi connectivity index (χ3v) is 7.93. The minimum Gasteiger partial charge on any atom is -0.294 e. The van der Waals surface area contributed by atoms with E-state index in [9.17, 15) is 5.26 Å². The van der Waals surface area contributed by atoms with Crippen molar-refractivity contribution >= 4 is 31.9 Å². The molecule has 0 aliphatic rings. The Morgan fingerprint density at radius 1 is 0.966 bits per heavy atom. The lowest BCUT2D eigenvalue weighted by molar-refractivity contribution is 0.156. The van der Waals surface area contributed by atoms with Crippen LogP contribution in [-0.2, 0) is 5.41 Å². The van der Waals surface area contributed by atoms with E-state index in [1.54, 1.807) is 0 Å². The van der Waals surface area contributed by atoms with Gasteiger partial charge in [0.05, 0.1) is 11.5 Å². The molecule has 0 fully saturated rings. The van der Waals surface area contributed by atoms with Crippen LogP contribution in [0.2, 0.25) is 0 Å². The Morgan fingerprint density at radius 2 is 1.62 bits per heavy atom. The molecule has 29 heavy (non-hydrogen) atoms. The van der Waals surface area contributed by atoms with Gasteiger partial charge in [-0.15, -0.1) is 0 Å². The van der Waals surface area contributed by atoms with Crippen molar-refractivity contribution in [2.45, 2.75) is 65.0 Å². The summed E-state index contributed by atoms with van der Waals surface area (Å²) in [5.74, 6) is 0.236. The molecule has 2 atom stereocenters. The van der Waals surface area contributed by atoms with Gasteiger partial charge >= 0.3 is 0 Å². The van der Waals surface area contributed by atoms with Crippen molar-refractivity contribution in [3.05, 3.63) is 68.6 Å². The number of hydrogen-bond donors (Lipinski definition) is 0. The normalized spacial score (nSPS) is 14.8. The van der Waals surface area contributed by atoms with Crippen LogP contribution in [0.5, 0.6) is 0 Å². The Kier molecular flexibility index (Phi) is 8.94. The summed E-state index contributed by atoms with van der Waals surface area (Å²) in [5.41, 5.74) is 1.95. The van der Waals surface area contributed by atoms with Gasteiger partial charge in [0.1, 0.15) is 0 Å². The molecule has 0 spiro atoms. The van der Waals surface area contributed by atoms with E-state index in [2.05, 4.69) is 120 Å². The second-order valence-electron chi connectivity index (χ2n) is 8.39. The predicted octanol–water partition coefficient (Wildman–Crippen LogP) is 7.88. The maximum Gasteiger partial charge on any atom is 0.0846 e. The third kappa shape index (κ3) is 5.72. The SMILES string of the molecule is CC(C)N(CCCC(C#N)(c1ccc(Br)c(Br)c1)C(C)C)C(C)c1ccccc1. The van der Waals surface area contributed by atoms with E-state index >= 15 is 0 Å². The van der Waals surface area contributed by atoms with Gasteiger partial charge in [-0.2, -0.15) is 5.26 Å². The summed E-state index contributed by atoms with van der Waals surface area (Å²) in [6.07, 6.45) is 1.83. The molecule has 0 bridgehead atoms. The maximum absolute atomic E-state index is 10.2. The molecule has 2 rings (SSSR count). The summed E-state index contributed by atoms with van der Waals surface area (Å²) < 4.78 is 2.01. The first-order valence-corrected chi connectivity index (χ1v) is 12.0. The molecule has 0 aliphatic heterocycles. The fraction of sp³-hybridized carbons (Fsp3) is 0.480. The minimum absolute atomic E-state index is 0.236. The predicted molar refractivity (Wildman–Crippen MR) is 130 cm³/mol. The highest BCUT2D eigenvalue weighted by atomic mass is 79.9. The number of benzene rings is 2. The molecular formula is C25H32Br2N2. The third-order valence-electron chi connectivity index (χ3n) is 6.05. The van der Waals surface area contributed by atoms with Gasteiger partial charge in [0.25, 0.3) is 0 Å². The lowest BCUT2D eigenvalue weighted by Gasteiger charge is -2.36. The monoisotopic (exact) mass is 518 g/mol. The Hall–Kier alpha value is -1.15. The molecule has 2 unspecified atom stereocenters. The maximum atomic E-state index is 10.2. The zero-order valence-corrected chi connectivity index (χ0v) is 21.3. The molecule has 4 heteroatoms. The van der Waals surface area contributed by atoms with Crippen LogP contribution in [0.3, 0.4) is 0 Å². The van der Waals surface area contributed by atoms with Crippen molar-refractivity contribution in [2.75, 3.05) is 6.54 Å². The summed E-state index contributed by atoms with van der Waals surface area (Å²) in [6, 6.07) is 20.4. The second kappa shape index (κ2) is 10.8. The number of hydrogen-bond acceptors (Lipinski definition) is 2. The highest BCUT2D eigenvalue weighted by Crippen LogP contribution is 2.39. The molecule has 0 heterocycles. The molecule has 2 nitrogen and oxygen atoms in total. The van der Waals surface area contributed by atoms with Crippen LogP contribution in [0.1, 0.15) is 64.6 Å². The van der Waals surface area contributed by atoms with E-state index in [1.807, 2.05) is 6.07 Å². The first-order valence-electron chi connectivity index (χ1n) is 10.4. The highest BCUT2D eigenvalue weighted by Gasteiger charge is 2.36. The Labute approximate surface area is 193 Å². The number of halogens is 2. The molecule has 0 N–H and O–H groups in total. The Bertz CT molecular complexity index is 826. The number of nitrogens with zero attached hydrogens (tertiary/aromatic N) is 2. The average molecular weight is 520 g/mol. The van der Waals surface area contributed by atoms with Crippen LogP contribution in [-0.4, -0.2) is 17.5 Å². The molecule has 2 aromatic carbocycles. The average Bonchev–Trinajstić information content (AvgIpc) is 2.70. The van der Waals surface area contributed by atoms with E-state index < -0.39 is 5.41 Å². The lowest BCUT2D eigenvalue weighted by atomic mass is 9.70. The van der Waals surface area contributed by atoms with Crippen molar-refractivity contribution in [3.63, 3.8) is 0 Å². The van der Waals surface area contributed by atoms with Gasteiger partial charge < -0.3 is 0 Å². The quantitative estimate of drug-likeness (QED) is 0.336. The largest absolute Gasteiger partial charge is 0.294 e. The molecule has 0 aromatic heterocycles. The van der Waals surface area contributed by atoms with Crippen LogP contribution in [0.25, 0.3) is 0 Å². The van der Waals surface area contributed by atoms with Crippen molar-refractivity contribution in [2.24, 2.45) is 5.92 Å². The minimum atomic E-state index is -0.484. The second-order valence-corrected chi connectivity index (χ2v) is 10.1. The zero-order chi connectivity index (χ0) is 21.6. The molecule has 0 saturated carbocycles. The van der Waals surface area contributed by atoms with Gasteiger partial charge in [-0.05, 0) is 101 Å². The fourth-order valence-corrected chi connectivity index (χ4v) is 4.78. The molecular weight excluding hydrogens is 488 g/mol. The Balaban J connectivity index is 2.20. The summed E-state index contributed by atoms with van der Waals surface area (Å²) in [6.45, 7) is 12.1. The van der Waals surface area contributed by atoms with Gasteiger partial charge in [-0.1, -0.05) is 50.2 Å². The van der Waals surface area contributed by atoms with Crippen molar-refractivity contribution < 1.29 is 0 Å². The van der Waals surface area contributed by atoms with Crippen molar-refractivity contribution in [1.29, 1.82) is 5.26 Å². The van der Waals surface area contributed by atoms with E-state index in [4.69, 9.17) is 0 Å². The van der Waals surface area contributed by atoms with Gasteiger partial charge in [-0.3, -0.25) is 4.90 Å². The standard InChI is InChI=1S/C25H32Br2N2/c1-18(2)25(17-28,22-12-13-23(26)24(27)16-22)14-9-15-29(19(3)4)20(5)21-10-7-6-8-11-21/h6-8,10-13,16,18-20H,9,14-15H2,1-5H3. The summed E-state index contributed by atoms with van der Waals surface area (Å²) in [4.78, 5) is 2.54. The van der Waals surface area contributed by atoms with Crippen LogP contribution in [0.4, 0.5) is 0 Å². The smallest absolute Gasteiger partial charge is 0.0846 e. The van der Waals surface area contributed by atoms with Crippen LogP contribution >= 0.6 is 31.9 Å². The van der Waals surface area contributed by atoms with Crippen LogP contribution < -0.4 is 0 Å². The Morgan fingerprint density at radius 3 is 2.14 bits per heavy atom. The molecule has 156 valence electrons. The molecule has 2 aromatic rings. The van der Waals surface area contributed by atoms with E-state index in [-0.39, 0.29) is 5.92 Å². The van der Waals surface area contributed by atoms with Crippen LogP contribution in [0, 0.1) is 17.2 Å². The molecule has 0 aliphatic carbocycles. The van der Waals surface area contributed by atoms with E-state index in [0.717, 1.165) is 33.9 Å². The number of rotatable bonds is 9. The first kappa shape index (κ1) is 24.1. The summed E-state index contributed by atoms with van der Waals surface area (Å²) in [7, 11) is 0. The molecule has 0 radical (unpaired) electrons.